The van der Waals surface area contributed by atoms with E-state index in [0.717, 1.165) is 22.2 Å². The number of esters is 1. The maximum atomic E-state index is 14.0. The number of aromatic nitrogens is 1. The Bertz CT molecular complexity index is 1900. The quantitative estimate of drug-likeness (QED) is 0.133. The minimum absolute atomic E-state index is 0.0873. The average molecular weight is 653 g/mol. The molecular formula is C30H26BrN3O7S. The number of benzene rings is 2. The third-order valence-corrected chi connectivity index (χ3v) is 8.12. The topological polar surface area (TPSA) is 126 Å². The summed E-state index contributed by atoms with van der Waals surface area (Å²) >= 11 is 4.68. The smallest absolute Gasteiger partial charge is 0.338 e. The van der Waals surface area contributed by atoms with Crippen LogP contribution in [0.25, 0.3) is 17.4 Å². The van der Waals surface area contributed by atoms with Gasteiger partial charge in [-0.3, -0.25) is 19.5 Å². The second kappa shape index (κ2) is 12.3. The molecule has 2 aromatic heterocycles. The van der Waals surface area contributed by atoms with E-state index in [9.17, 15) is 19.7 Å². The van der Waals surface area contributed by atoms with Crippen LogP contribution in [0.3, 0.4) is 0 Å². The zero-order valence-electron chi connectivity index (χ0n) is 23.0. The van der Waals surface area contributed by atoms with Gasteiger partial charge in [0.15, 0.2) is 4.80 Å². The summed E-state index contributed by atoms with van der Waals surface area (Å²) in [7, 11) is 1.53. The highest BCUT2D eigenvalue weighted by molar-refractivity contribution is 9.10. The maximum Gasteiger partial charge on any atom is 0.338 e. The fourth-order valence-corrected chi connectivity index (χ4v) is 6.26. The van der Waals surface area contributed by atoms with Crippen molar-refractivity contribution in [3.05, 3.63) is 111 Å². The highest BCUT2D eigenvalue weighted by atomic mass is 79.9. The Balaban J connectivity index is 1.71. The van der Waals surface area contributed by atoms with Crippen LogP contribution in [0.5, 0.6) is 5.75 Å². The first kappa shape index (κ1) is 29.2. The van der Waals surface area contributed by atoms with E-state index in [1.54, 1.807) is 49.4 Å². The van der Waals surface area contributed by atoms with Gasteiger partial charge in [-0.1, -0.05) is 52.7 Å². The van der Waals surface area contributed by atoms with Crippen LogP contribution in [-0.4, -0.2) is 29.2 Å². The number of para-hydroxylation sites is 1. The zero-order chi connectivity index (χ0) is 30.0. The highest BCUT2D eigenvalue weighted by Gasteiger charge is 2.36. The molecule has 216 valence electrons. The standard InChI is InChI=1S/C30H26BrN3O7S/c1-4-8-21-26(29(36)40-5-2)27(20-15-17(31)11-13-23(20)39-3)33-28(35)25(42-30(33)32-21)16-18-12-14-24(41-18)19-9-6-7-10-22(19)34(37)38/h6-7,9-16,27H,4-5,8H2,1-3H3/b25-16+/t27-/m1/s1. The van der Waals surface area contributed by atoms with Gasteiger partial charge in [0.25, 0.3) is 11.2 Å². The van der Waals surface area contributed by atoms with Crippen molar-refractivity contribution >= 4 is 45.0 Å². The number of rotatable bonds is 9. The molecule has 1 aliphatic heterocycles. The van der Waals surface area contributed by atoms with Gasteiger partial charge in [0, 0.05) is 22.2 Å². The number of nitro benzene ring substituents is 1. The summed E-state index contributed by atoms with van der Waals surface area (Å²) in [5.41, 5.74) is 1.29. The van der Waals surface area contributed by atoms with Crippen molar-refractivity contribution in [3.63, 3.8) is 0 Å². The lowest BCUT2D eigenvalue weighted by Gasteiger charge is -2.27. The first-order valence-electron chi connectivity index (χ1n) is 13.2. The number of allylic oxidation sites excluding steroid dienone is 1. The van der Waals surface area contributed by atoms with Crippen LogP contribution < -0.4 is 19.6 Å². The summed E-state index contributed by atoms with van der Waals surface area (Å²) in [6, 6.07) is 14.1. The predicted octanol–water partition coefficient (Wildman–Crippen LogP) is 5.52. The summed E-state index contributed by atoms with van der Waals surface area (Å²) in [5.74, 6) is 0.583. The second-order valence-electron chi connectivity index (χ2n) is 9.28. The first-order valence-corrected chi connectivity index (χ1v) is 14.8. The molecule has 0 spiro atoms. The number of hydrogen-bond donors (Lipinski definition) is 0. The van der Waals surface area contributed by atoms with Gasteiger partial charge < -0.3 is 13.9 Å². The van der Waals surface area contributed by atoms with Crippen molar-refractivity contribution in [1.29, 1.82) is 0 Å². The van der Waals surface area contributed by atoms with Crippen molar-refractivity contribution < 1.29 is 23.6 Å². The number of fused-ring (bicyclic) bond motifs is 1. The molecule has 0 fully saturated rings. The van der Waals surface area contributed by atoms with Gasteiger partial charge in [0.2, 0.25) is 0 Å². The van der Waals surface area contributed by atoms with Crippen LogP contribution in [0.15, 0.2) is 84.5 Å². The van der Waals surface area contributed by atoms with E-state index in [0.29, 0.717) is 49.8 Å². The average Bonchev–Trinajstić information content (AvgIpc) is 3.56. The molecule has 1 atom stereocenters. The van der Waals surface area contributed by atoms with E-state index in [-0.39, 0.29) is 23.4 Å². The zero-order valence-corrected chi connectivity index (χ0v) is 25.4. The number of thiazole rings is 1. The third-order valence-electron chi connectivity index (χ3n) is 6.64. The molecule has 10 nitrogen and oxygen atoms in total. The number of carbonyl (C=O) groups is 1. The van der Waals surface area contributed by atoms with E-state index < -0.39 is 16.9 Å². The number of halogens is 1. The van der Waals surface area contributed by atoms with Crippen LogP contribution in [0.4, 0.5) is 5.69 Å². The van der Waals surface area contributed by atoms with Crippen LogP contribution in [-0.2, 0) is 9.53 Å². The molecule has 3 heterocycles. The number of methoxy groups -OCH3 is 1. The summed E-state index contributed by atoms with van der Waals surface area (Å²) in [6.07, 6.45) is 2.80. The minimum Gasteiger partial charge on any atom is -0.496 e. The summed E-state index contributed by atoms with van der Waals surface area (Å²) < 4.78 is 19.6. The molecular weight excluding hydrogens is 626 g/mol. The summed E-state index contributed by atoms with van der Waals surface area (Å²) in [6.45, 7) is 3.87. The van der Waals surface area contributed by atoms with E-state index in [1.807, 2.05) is 19.1 Å². The molecule has 0 bridgehead atoms. The highest BCUT2D eigenvalue weighted by Crippen LogP contribution is 2.38. The molecule has 0 N–H and O–H groups in total. The van der Waals surface area contributed by atoms with Crippen molar-refractivity contribution in [2.75, 3.05) is 13.7 Å². The lowest BCUT2D eigenvalue weighted by molar-refractivity contribution is -0.384. The fourth-order valence-electron chi connectivity index (χ4n) is 4.88. The fraction of sp³-hybridized carbons (Fsp3) is 0.233. The largest absolute Gasteiger partial charge is 0.496 e. The minimum atomic E-state index is -0.851. The van der Waals surface area contributed by atoms with E-state index in [1.165, 1.54) is 17.7 Å². The second-order valence-corrected chi connectivity index (χ2v) is 11.2. The number of carbonyl (C=O) groups excluding carboxylic acids is 1. The van der Waals surface area contributed by atoms with Crippen molar-refractivity contribution in [2.45, 2.75) is 32.7 Å². The summed E-state index contributed by atoms with van der Waals surface area (Å²) in [4.78, 5) is 43.6. The molecule has 0 radical (unpaired) electrons. The molecule has 0 amide bonds. The van der Waals surface area contributed by atoms with Crippen LogP contribution in [0.1, 0.15) is 44.1 Å². The molecule has 0 unspecified atom stereocenters. The Morgan fingerprint density at radius 2 is 2.00 bits per heavy atom. The molecule has 12 heteroatoms. The van der Waals surface area contributed by atoms with Gasteiger partial charge in [-0.2, -0.15) is 0 Å². The maximum absolute atomic E-state index is 14.0. The molecule has 2 aromatic carbocycles. The molecule has 0 saturated heterocycles. The van der Waals surface area contributed by atoms with Crippen molar-refractivity contribution in [1.82, 2.24) is 4.57 Å². The number of furan rings is 1. The molecule has 1 aliphatic rings. The molecule has 0 aliphatic carbocycles. The SMILES string of the molecule is CCCC1=C(C(=O)OCC)[C@@H](c2cc(Br)ccc2OC)n2c(s/c(=C/c3ccc(-c4ccccc4[N+](=O)[O-])o3)c2=O)=N1. The van der Waals surface area contributed by atoms with Gasteiger partial charge in [0.1, 0.15) is 23.3 Å². The van der Waals surface area contributed by atoms with Crippen molar-refractivity contribution in [3.8, 4) is 17.1 Å². The normalized spacial score (nSPS) is 14.9. The van der Waals surface area contributed by atoms with Gasteiger partial charge >= 0.3 is 5.97 Å². The lowest BCUT2D eigenvalue weighted by Crippen LogP contribution is -2.40. The van der Waals surface area contributed by atoms with Crippen LogP contribution in [0.2, 0.25) is 0 Å². The lowest BCUT2D eigenvalue weighted by atomic mass is 9.93. The van der Waals surface area contributed by atoms with E-state index >= 15 is 0 Å². The van der Waals surface area contributed by atoms with Gasteiger partial charge in [-0.05, 0) is 49.7 Å². The molecule has 0 saturated carbocycles. The van der Waals surface area contributed by atoms with Gasteiger partial charge in [0.05, 0.1) is 40.0 Å². The van der Waals surface area contributed by atoms with E-state index in [4.69, 9.17) is 18.9 Å². The predicted molar refractivity (Wildman–Crippen MR) is 161 cm³/mol. The monoisotopic (exact) mass is 651 g/mol. The Labute approximate surface area is 252 Å². The van der Waals surface area contributed by atoms with Crippen LogP contribution >= 0.6 is 27.3 Å². The number of nitrogens with zero attached hydrogens (tertiary/aromatic N) is 3. The van der Waals surface area contributed by atoms with Crippen LogP contribution in [0, 0.1) is 10.1 Å². The van der Waals surface area contributed by atoms with Crippen molar-refractivity contribution in [2.24, 2.45) is 4.99 Å². The Morgan fingerprint density at radius 3 is 2.71 bits per heavy atom. The molecule has 4 aromatic rings. The molecule has 5 rings (SSSR count). The first-order chi connectivity index (χ1) is 20.3. The summed E-state index contributed by atoms with van der Waals surface area (Å²) in [5, 5.41) is 11.5. The Morgan fingerprint density at radius 1 is 1.21 bits per heavy atom. The third kappa shape index (κ3) is 5.47. The Hall–Kier alpha value is -4.29. The van der Waals surface area contributed by atoms with E-state index in [2.05, 4.69) is 15.9 Å². The Kier molecular flexibility index (Phi) is 8.55. The van der Waals surface area contributed by atoms with Gasteiger partial charge in [-0.15, -0.1) is 0 Å². The number of hydrogen-bond acceptors (Lipinski definition) is 9. The number of nitro groups is 1. The van der Waals surface area contributed by atoms with Gasteiger partial charge in [-0.25, -0.2) is 9.79 Å². The molecule has 42 heavy (non-hydrogen) atoms. The number of ether oxygens (including phenoxy) is 2.